The van der Waals surface area contributed by atoms with Gasteiger partial charge in [-0.15, -0.1) is 0 Å². The smallest absolute Gasteiger partial charge is 0.262 e. The zero-order valence-corrected chi connectivity index (χ0v) is 20.4. The molecule has 35 heavy (non-hydrogen) atoms. The summed E-state index contributed by atoms with van der Waals surface area (Å²) < 4.78 is 30.5. The largest absolute Gasteiger partial charge is 0.496 e. The standard InChI is InChI=1S/C28H31FN2O4/c1-33-25-11-7-5-9-23(25)28(32)31(22-12-13-26(34-2)27(18-22)35-3)21-14-16-30(17-15-21)19-20-8-4-6-10-24(20)29/h4-13,18,21H,14-17,19H2,1-3H3. The number of rotatable bonds is 8. The predicted octanol–water partition coefficient (Wildman–Crippen LogP) is 5.16. The molecule has 0 N–H and O–H groups in total. The number of hydrogen-bond donors (Lipinski definition) is 0. The van der Waals surface area contributed by atoms with Gasteiger partial charge in [0.25, 0.3) is 5.91 Å². The number of piperidine rings is 1. The van der Waals surface area contributed by atoms with E-state index in [0.29, 0.717) is 34.9 Å². The monoisotopic (exact) mass is 478 g/mol. The van der Waals surface area contributed by atoms with Crippen LogP contribution in [0.3, 0.4) is 0 Å². The SMILES string of the molecule is COc1ccc(N(C(=O)c2ccccc2OC)C2CCN(Cc3ccccc3F)CC2)cc1OC. The molecule has 1 heterocycles. The molecular weight excluding hydrogens is 447 g/mol. The molecule has 3 aromatic carbocycles. The first kappa shape index (κ1) is 24.5. The highest BCUT2D eigenvalue weighted by atomic mass is 19.1. The average Bonchev–Trinajstić information content (AvgIpc) is 2.90. The van der Waals surface area contributed by atoms with E-state index in [0.717, 1.165) is 31.6 Å². The van der Waals surface area contributed by atoms with Crippen molar-refractivity contribution in [2.24, 2.45) is 0 Å². The second kappa shape index (κ2) is 11.2. The van der Waals surface area contributed by atoms with Crippen LogP contribution in [0, 0.1) is 5.82 Å². The number of likely N-dealkylation sites (tertiary alicyclic amines) is 1. The molecule has 6 nitrogen and oxygen atoms in total. The van der Waals surface area contributed by atoms with Crippen LogP contribution in [0.2, 0.25) is 0 Å². The van der Waals surface area contributed by atoms with Crippen molar-refractivity contribution in [3.05, 3.63) is 83.7 Å². The van der Waals surface area contributed by atoms with Crippen LogP contribution in [0.5, 0.6) is 17.2 Å². The summed E-state index contributed by atoms with van der Waals surface area (Å²) in [5.74, 6) is 1.36. The number of hydrogen-bond acceptors (Lipinski definition) is 5. The van der Waals surface area contributed by atoms with Gasteiger partial charge in [0.2, 0.25) is 0 Å². The van der Waals surface area contributed by atoms with Crippen molar-refractivity contribution in [2.45, 2.75) is 25.4 Å². The Morgan fingerprint density at radius 3 is 2.23 bits per heavy atom. The van der Waals surface area contributed by atoms with E-state index in [1.54, 1.807) is 39.5 Å². The molecule has 1 aliphatic heterocycles. The molecule has 0 bridgehead atoms. The Labute approximate surface area is 205 Å². The summed E-state index contributed by atoms with van der Waals surface area (Å²) in [6, 6.07) is 19.6. The summed E-state index contributed by atoms with van der Waals surface area (Å²) in [6.07, 6.45) is 1.51. The molecule has 0 unspecified atom stereocenters. The zero-order chi connectivity index (χ0) is 24.8. The zero-order valence-electron chi connectivity index (χ0n) is 20.4. The molecule has 0 saturated carbocycles. The van der Waals surface area contributed by atoms with Crippen molar-refractivity contribution >= 4 is 11.6 Å². The van der Waals surface area contributed by atoms with Gasteiger partial charge in [0, 0.05) is 43.0 Å². The molecule has 7 heteroatoms. The highest BCUT2D eigenvalue weighted by Crippen LogP contribution is 2.35. The summed E-state index contributed by atoms with van der Waals surface area (Å²) in [6.45, 7) is 2.06. The molecule has 4 rings (SSSR count). The maximum Gasteiger partial charge on any atom is 0.262 e. The number of benzene rings is 3. The number of ether oxygens (including phenoxy) is 3. The van der Waals surface area contributed by atoms with Crippen LogP contribution in [0.15, 0.2) is 66.7 Å². The minimum absolute atomic E-state index is 0.0395. The number of nitrogens with zero attached hydrogens (tertiary/aromatic N) is 2. The molecule has 0 radical (unpaired) electrons. The van der Waals surface area contributed by atoms with Crippen molar-refractivity contribution in [2.75, 3.05) is 39.3 Å². The van der Waals surface area contributed by atoms with E-state index in [9.17, 15) is 9.18 Å². The predicted molar refractivity (Wildman–Crippen MR) is 134 cm³/mol. The number of anilines is 1. The highest BCUT2D eigenvalue weighted by Gasteiger charge is 2.32. The van der Waals surface area contributed by atoms with E-state index < -0.39 is 0 Å². The third-order valence-corrected chi connectivity index (χ3v) is 6.48. The lowest BCUT2D eigenvalue weighted by molar-refractivity contribution is 0.0955. The van der Waals surface area contributed by atoms with Crippen LogP contribution >= 0.6 is 0 Å². The molecule has 1 saturated heterocycles. The molecule has 184 valence electrons. The first-order valence-electron chi connectivity index (χ1n) is 11.7. The quantitative estimate of drug-likeness (QED) is 0.448. The highest BCUT2D eigenvalue weighted by molar-refractivity contribution is 6.08. The summed E-state index contributed by atoms with van der Waals surface area (Å²) in [4.78, 5) is 18.0. The van der Waals surface area contributed by atoms with Gasteiger partial charge in [-0.1, -0.05) is 30.3 Å². The van der Waals surface area contributed by atoms with Gasteiger partial charge in [0.1, 0.15) is 11.6 Å². The lowest BCUT2D eigenvalue weighted by Gasteiger charge is -2.39. The lowest BCUT2D eigenvalue weighted by Crippen LogP contribution is -2.47. The van der Waals surface area contributed by atoms with Gasteiger partial charge in [-0.3, -0.25) is 9.69 Å². The number of para-hydroxylation sites is 1. The van der Waals surface area contributed by atoms with Gasteiger partial charge < -0.3 is 19.1 Å². The number of halogens is 1. The van der Waals surface area contributed by atoms with E-state index >= 15 is 0 Å². The molecule has 1 fully saturated rings. The second-order valence-electron chi connectivity index (χ2n) is 8.51. The first-order chi connectivity index (χ1) is 17.0. The van der Waals surface area contributed by atoms with Crippen molar-refractivity contribution in [1.82, 2.24) is 4.90 Å². The maximum atomic E-state index is 14.2. The normalized spacial score (nSPS) is 14.4. The molecule has 1 aliphatic rings. The van der Waals surface area contributed by atoms with Crippen LogP contribution in [0.25, 0.3) is 0 Å². The summed E-state index contributed by atoms with van der Waals surface area (Å²) in [7, 11) is 4.73. The van der Waals surface area contributed by atoms with Gasteiger partial charge in [-0.25, -0.2) is 4.39 Å². The van der Waals surface area contributed by atoms with E-state index in [4.69, 9.17) is 14.2 Å². The van der Waals surface area contributed by atoms with Crippen LogP contribution in [0.1, 0.15) is 28.8 Å². The summed E-state index contributed by atoms with van der Waals surface area (Å²) in [5.41, 5.74) is 1.91. The summed E-state index contributed by atoms with van der Waals surface area (Å²) >= 11 is 0. The molecule has 3 aromatic rings. The molecule has 1 amide bonds. The third-order valence-electron chi connectivity index (χ3n) is 6.48. The van der Waals surface area contributed by atoms with E-state index in [2.05, 4.69) is 4.90 Å². The number of carbonyl (C=O) groups is 1. The minimum atomic E-state index is -0.187. The number of amides is 1. The topological polar surface area (TPSA) is 51.2 Å². The Morgan fingerprint density at radius 2 is 1.54 bits per heavy atom. The van der Waals surface area contributed by atoms with Gasteiger partial charge in [-0.2, -0.15) is 0 Å². The van der Waals surface area contributed by atoms with Gasteiger partial charge in [0.05, 0.1) is 26.9 Å². The fraction of sp³-hybridized carbons (Fsp3) is 0.321. The van der Waals surface area contributed by atoms with Crippen LogP contribution in [-0.4, -0.2) is 51.3 Å². The number of carbonyl (C=O) groups excluding carboxylic acids is 1. The van der Waals surface area contributed by atoms with E-state index in [1.165, 1.54) is 6.07 Å². The van der Waals surface area contributed by atoms with E-state index in [1.807, 2.05) is 47.4 Å². The lowest BCUT2D eigenvalue weighted by atomic mass is 9.99. The Kier molecular flexibility index (Phi) is 7.87. The molecule has 0 aromatic heterocycles. The maximum absolute atomic E-state index is 14.2. The van der Waals surface area contributed by atoms with Crippen molar-refractivity contribution in [3.63, 3.8) is 0 Å². The van der Waals surface area contributed by atoms with Crippen LogP contribution < -0.4 is 19.1 Å². The second-order valence-corrected chi connectivity index (χ2v) is 8.51. The van der Waals surface area contributed by atoms with Crippen molar-refractivity contribution in [3.8, 4) is 17.2 Å². The van der Waals surface area contributed by atoms with Crippen LogP contribution in [-0.2, 0) is 6.54 Å². The molecule has 0 aliphatic carbocycles. The van der Waals surface area contributed by atoms with Crippen molar-refractivity contribution < 1.29 is 23.4 Å². The Morgan fingerprint density at radius 1 is 0.886 bits per heavy atom. The Bertz CT molecular complexity index is 1160. The first-order valence-corrected chi connectivity index (χ1v) is 11.7. The minimum Gasteiger partial charge on any atom is -0.496 e. The van der Waals surface area contributed by atoms with Gasteiger partial charge >= 0.3 is 0 Å². The Balaban J connectivity index is 1.61. The third kappa shape index (κ3) is 5.41. The molecule has 0 atom stereocenters. The average molecular weight is 479 g/mol. The summed E-state index contributed by atoms with van der Waals surface area (Å²) in [5, 5.41) is 0. The fourth-order valence-corrected chi connectivity index (χ4v) is 4.62. The van der Waals surface area contributed by atoms with Gasteiger partial charge in [0.15, 0.2) is 11.5 Å². The Hall–Kier alpha value is -3.58. The fourth-order valence-electron chi connectivity index (χ4n) is 4.62. The van der Waals surface area contributed by atoms with E-state index in [-0.39, 0.29) is 17.8 Å². The van der Waals surface area contributed by atoms with Gasteiger partial charge in [-0.05, 0) is 43.2 Å². The van der Waals surface area contributed by atoms with Crippen LogP contribution in [0.4, 0.5) is 10.1 Å². The van der Waals surface area contributed by atoms with Crippen molar-refractivity contribution in [1.29, 1.82) is 0 Å². The number of methoxy groups -OCH3 is 3. The molecular formula is C28H31FN2O4. The molecule has 0 spiro atoms.